The fourth-order valence-electron chi connectivity index (χ4n) is 1.59. The molecule has 2 heteroatoms. The minimum Gasteiger partial charge on any atom is -0.380 e. The van der Waals surface area contributed by atoms with Gasteiger partial charge in [-0.15, -0.1) is 0 Å². The molecule has 0 amide bonds. The van der Waals surface area contributed by atoms with Gasteiger partial charge in [-0.1, -0.05) is 38.1 Å². The van der Waals surface area contributed by atoms with E-state index in [1.54, 1.807) is 7.11 Å². The Kier molecular flexibility index (Phi) is 5.37. The second kappa shape index (κ2) is 6.59. The van der Waals surface area contributed by atoms with E-state index in [4.69, 9.17) is 4.74 Å². The van der Waals surface area contributed by atoms with E-state index in [9.17, 15) is 0 Å². The molecule has 0 unspecified atom stereocenters. The molecule has 0 bridgehead atoms. The maximum atomic E-state index is 5.18. The molecule has 0 atom stereocenters. The quantitative estimate of drug-likeness (QED) is 0.773. The molecule has 1 aromatic carbocycles. The summed E-state index contributed by atoms with van der Waals surface area (Å²) in [4.78, 5) is 0. The lowest BCUT2D eigenvalue weighted by Gasteiger charge is -2.11. The summed E-state index contributed by atoms with van der Waals surface area (Å²) in [6.07, 6.45) is 1.07. The maximum absolute atomic E-state index is 5.18. The van der Waals surface area contributed by atoms with Crippen LogP contribution in [0.1, 0.15) is 25.0 Å². The predicted octanol–water partition coefficient (Wildman–Crippen LogP) is 2.37. The fraction of sp³-hybridized carbons (Fsp3) is 0.538. The van der Waals surface area contributed by atoms with E-state index >= 15 is 0 Å². The van der Waals surface area contributed by atoms with Crippen molar-refractivity contribution in [3.05, 3.63) is 35.4 Å². The summed E-state index contributed by atoms with van der Waals surface area (Å²) in [5.41, 5.74) is 2.68. The fourth-order valence-corrected chi connectivity index (χ4v) is 1.59. The van der Waals surface area contributed by atoms with Crippen LogP contribution in [0.2, 0.25) is 0 Å². The predicted molar refractivity (Wildman–Crippen MR) is 64.0 cm³/mol. The lowest BCUT2D eigenvalue weighted by molar-refractivity contribution is 0.184. The second-order valence-corrected chi connectivity index (χ2v) is 4.06. The van der Waals surface area contributed by atoms with Gasteiger partial charge in [-0.25, -0.2) is 0 Å². The van der Waals surface area contributed by atoms with Gasteiger partial charge < -0.3 is 10.1 Å². The molecule has 0 aromatic heterocycles. The Morgan fingerprint density at radius 1 is 1.20 bits per heavy atom. The van der Waals surface area contributed by atoms with Crippen LogP contribution in [0.15, 0.2) is 24.3 Å². The zero-order valence-electron chi connectivity index (χ0n) is 9.92. The van der Waals surface area contributed by atoms with Crippen molar-refractivity contribution in [2.45, 2.75) is 32.9 Å². The molecule has 0 aliphatic carbocycles. The van der Waals surface area contributed by atoms with Crippen LogP contribution in [-0.4, -0.2) is 19.7 Å². The maximum Gasteiger partial charge on any atom is 0.0715 e. The lowest BCUT2D eigenvalue weighted by atomic mass is 10.1. The van der Waals surface area contributed by atoms with Gasteiger partial charge in [-0.3, -0.25) is 0 Å². The molecule has 15 heavy (non-hydrogen) atoms. The first kappa shape index (κ1) is 12.2. The molecule has 0 spiro atoms. The second-order valence-electron chi connectivity index (χ2n) is 4.06. The van der Waals surface area contributed by atoms with Gasteiger partial charge in [0.1, 0.15) is 0 Å². The highest BCUT2D eigenvalue weighted by molar-refractivity contribution is 5.26. The SMILES string of the molecule is COCc1ccccc1CCNC(C)C. The molecule has 0 heterocycles. The van der Waals surface area contributed by atoms with Crippen LogP contribution in [0.3, 0.4) is 0 Å². The number of rotatable bonds is 6. The Morgan fingerprint density at radius 2 is 1.87 bits per heavy atom. The van der Waals surface area contributed by atoms with Crippen molar-refractivity contribution in [3.63, 3.8) is 0 Å². The Labute approximate surface area is 92.6 Å². The molecule has 0 aliphatic heterocycles. The highest BCUT2D eigenvalue weighted by Crippen LogP contribution is 2.10. The molecular formula is C13H21NO. The van der Waals surface area contributed by atoms with Crippen molar-refractivity contribution in [3.8, 4) is 0 Å². The van der Waals surface area contributed by atoms with Gasteiger partial charge in [-0.05, 0) is 24.1 Å². The molecule has 1 aromatic rings. The van der Waals surface area contributed by atoms with Crippen LogP contribution in [0, 0.1) is 0 Å². The highest BCUT2D eigenvalue weighted by atomic mass is 16.5. The smallest absolute Gasteiger partial charge is 0.0715 e. The van der Waals surface area contributed by atoms with Crippen molar-refractivity contribution in [2.75, 3.05) is 13.7 Å². The van der Waals surface area contributed by atoms with Gasteiger partial charge >= 0.3 is 0 Å². The number of nitrogens with one attached hydrogen (secondary N) is 1. The summed E-state index contributed by atoms with van der Waals surface area (Å²) in [6, 6.07) is 9.02. The first-order valence-corrected chi connectivity index (χ1v) is 5.53. The molecule has 1 rings (SSSR count). The summed E-state index contributed by atoms with van der Waals surface area (Å²) in [5.74, 6) is 0. The summed E-state index contributed by atoms with van der Waals surface area (Å²) in [7, 11) is 1.74. The summed E-state index contributed by atoms with van der Waals surface area (Å²) in [5, 5.41) is 3.42. The topological polar surface area (TPSA) is 21.3 Å². The molecule has 0 fully saturated rings. The molecule has 0 saturated carbocycles. The zero-order valence-corrected chi connectivity index (χ0v) is 9.92. The first-order valence-electron chi connectivity index (χ1n) is 5.53. The van der Waals surface area contributed by atoms with Crippen LogP contribution < -0.4 is 5.32 Å². The van der Waals surface area contributed by atoms with Crippen molar-refractivity contribution < 1.29 is 4.74 Å². The number of ether oxygens (including phenoxy) is 1. The van der Waals surface area contributed by atoms with Crippen molar-refractivity contribution in [2.24, 2.45) is 0 Å². The first-order chi connectivity index (χ1) is 7.24. The molecule has 0 radical (unpaired) electrons. The summed E-state index contributed by atoms with van der Waals surface area (Å²) < 4.78 is 5.18. The molecule has 0 aliphatic rings. The van der Waals surface area contributed by atoms with Crippen LogP contribution in [0.25, 0.3) is 0 Å². The number of hydrogen-bond donors (Lipinski definition) is 1. The standard InChI is InChI=1S/C13H21NO/c1-11(2)14-9-8-12-6-4-5-7-13(12)10-15-3/h4-7,11,14H,8-10H2,1-3H3. The van der Waals surface area contributed by atoms with E-state index in [-0.39, 0.29) is 0 Å². The van der Waals surface area contributed by atoms with Crippen molar-refractivity contribution in [1.82, 2.24) is 5.32 Å². The van der Waals surface area contributed by atoms with E-state index < -0.39 is 0 Å². The third-order valence-corrected chi connectivity index (χ3v) is 2.37. The van der Waals surface area contributed by atoms with E-state index in [1.807, 2.05) is 0 Å². The summed E-state index contributed by atoms with van der Waals surface area (Å²) in [6.45, 7) is 6.07. The van der Waals surface area contributed by atoms with E-state index in [0.29, 0.717) is 12.6 Å². The minimum atomic E-state index is 0.555. The lowest BCUT2D eigenvalue weighted by Crippen LogP contribution is -2.25. The minimum absolute atomic E-state index is 0.555. The van der Waals surface area contributed by atoms with Gasteiger partial charge in [0.25, 0.3) is 0 Å². The van der Waals surface area contributed by atoms with Gasteiger partial charge in [0.15, 0.2) is 0 Å². The van der Waals surface area contributed by atoms with Gasteiger partial charge in [-0.2, -0.15) is 0 Å². The average Bonchev–Trinajstić information content (AvgIpc) is 2.20. The van der Waals surface area contributed by atoms with E-state index in [2.05, 4.69) is 43.4 Å². The van der Waals surface area contributed by atoms with Crippen molar-refractivity contribution >= 4 is 0 Å². The number of hydrogen-bond acceptors (Lipinski definition) is 2. The summed E-state index contributed by atoms with van der Waals surface area (Å²) >= 11 is 0. The number of benzene rings is 1. The Hall–Kier alpha value is -0.860. The van der Waals surface area contributed by atoms with Crippen molar-refractivity contribution in [1.29, 1.82) is 0 Å². The highest BCUT2D eigenvalue weighted by Gasteiger charge is 2.01. The molecule has 2 nitrogen and oxygen atoms in total. The Balaban J connectivity index is 2.51. The van der Waals surface area contributed by atoms with E-state index in [1.165, 1.54) is 11.1 Å². The van der Waals surface area contributed by atoms with Crippen LogP contribution in [0.4, 0.5) is 0 Å². The molecule has 84 valence electrons. The monoisotopic (exact) mass is 207 g/mol. The largest absolute Gasteiger partial charge is 0.380 e. The zero-order chi connectivity index (χ0) is 11.1. The van der Waals surface area contributed by atoms with Gasteiger partial charge in [0.2, 0.25) is 0 Å². The molecular weight excluding hydrogens is 186 g/mol. The van der Waals surface area contributed by atoms with Gasteiger partial charge in [0, 0.05) is 13.2 Å². The normalized spacial score (nSPS) is 10.9. The van der Waals surface area contributed by atoms with Crippen LogP contribution in [0.5, 0.6) is 0 Å². The Morgan fingerprint density at radius 3 is 2.47 bits per heavy atom. The van der Waals surface area contributed by atoms with Gasteiger partial charge in [0.05, 0.1) is 6.61 Å². The average molecular weight is 207 g/mol. The van der Waals surface area contributed by atoms with E-state index in [0.717, 1.165) is 13.0 Å². The van der Waals surface area contributed by atoms with Crippen LogP contribution in [-0.2, 0) is 17.8 Å². The third kappa shape index (κ3) is 4.45. The molecule has 1 N–H and O–H groups in total. The number of methoxy groups -OCH3 is 1. The molecule has 0 saturated heterocycles. The third-order valence-electron chi connectivity index (χ3n) is 2.37. The van der Waals surface area contributed by atoms with Crippen LogP contribution >= 0.6 is 0 Å². The Bertz CT molecular complexity index is 284.